The third-order valence-electron chi connectivity index (χ3n) is 4.21. The van der Waals surface area contributed by atoms with Gasteiger partial charge in [-0.3, -0.25) is 14.9 Å². The molecule has 0 aliphatic carbocycles. The molecule has 0 unspecified atom stereocenters. The number of hydrogen-bond donors (Lipinski definition) is 1. The van der Waals surface area contributed by atoms with E-state index in [9.17, 15) is 19.3 Å². The summed E-state index contributed by atoms with van der Waals surface area (Å²) in [6, 6.07) is 13.3. The van der Waals surface area contributed by atoms with Crippen LogP contribution in [-0.2, 0) is 0 Å². The van der Waals surface area contributed by atoms with Gasteiger partial charge >= 0.3 is 0 Å². The van der Waals surface area contributed by atoms with Crippen molar-refractivity contribution in [2.75, 3.05) is 6.54 Å². The molecule has 7 nitrogen and oxygen atoms in total. The van der Waals surface area contributed by atoms with Crippen LogP contribution in [0.5, 0.6) is 0 Å². The van der Waals surface area contributed by atoms with Crippen LogP contribution in [0.4, 0.5) is 10.1 Å². The number of non-ortho nitro benzene ring substituents is 1. The summed E-state index contributed by atoms with van der Waals surface area (Å²) in [7, 11) is 0. The Hall–Kier alpha value is -3.55. The minimum atomic E-state index is -0.504. The van der Waals surface area contributed by atoms with Gasteiger partial charge in [0.15, 0.2) is 0 Å². The van der Waals surface area contributed by atoms with E-state index in [0.717, 1.165) is 12.8 Å². The van der Waals surface area contributed by atoms with E-state index in [1.54, 1.807) is 18.2 Å². The van der Waals surface area contributed by atoms with E-state index in [1.165, 1.54) is 41.1 Å². The predicted molar refractivity (Wildman–Crippen MR) is 103 cm³/mol. The van der Waals surface area contributed by atoms with Crippen LogP contribution >= 0.6 is 0 Å². The molecule has 0 bridgehead atoms. The first-order chi connectivity index (χ1) is 13.5. The van der Waals surface area contributed by atoms with Gasteiger partial charge in [-0.1, -0.05) is 25.5 Å². The number of nitrogens with zero attached hydrogens (tertiary/aromatic N) is 3. The lowest BCUT2D eigenvalue weighted by molar-refractivity contribution is -0.384. The van der Waals surface area contributed by atoms with E-state index >= 15 is 0 Å². The Bertz CT molecular complexity index is 999. The van der Waals surface area contributed by atoms with E-state index < -0.39 is 10.7 Å². The fourth-order valence-electron chi connectivity index (χ4n) is 2.73. The fourth-order valence-corrected chi connectivity index (χ4v) is 2.73. The average Bonchev–Trinajstić information content (AvgIpc) is 3.14. The van der Waals surface area contributed by atoms with Crippen molar-refractivity contribution in [3.05, 3.63) is 76.2 Å². The highest BCUT2D eigenvalue weighted by Crippen LogP contribution is 2.25. The van der Waals surface area contributed by atoms with E-state index in [4.69, 9.17) is 0 Å². The van der Waals surface area contributed by atoms with Crippen LogP contribution in [0.1, 0.15) is 30.3 Å². The maximum absolute atomic E-state index is 14.2. The monoisotopic (exact) mass is 382 g/mol. The van der Waals surface area contributed by atoms with Gasteiger partial charge in [-0.25, -0.2) is 9.07 Å². The lowest BCUT2D eigenvalue weighted by Crippen LogP contribution is -2.26. The molecule has 0 radical (unpaired) electrons. The summed E-state index contributed by atoms with van der Waals surface area (Å²) >= 11 is 0. The molecule has 8 heteroatoms. The molecule has 1 amide bonds. The molecule has 0 atom stereocenters. The highest BCUT2D eigenvalue weighted by atomic mass is 19.1. The molecule has 2 aromatic carbocycles. The minimum absolute atomic E-state index is 0.0702. The van der Waals surface area contributed by atoms with Gasteiger partial charge < -0.3 is 5.32 Å². The average molecular weight is 382 g/mol. The summed E-state index contributed by atoms with van der Waals surface area (Å²) < 4.78 is 15.6. The van der Waals surface area contributed by atoms with E-state index in [1.807, 2.05) is 6.92 Å². The number of hydrogen-bond acceptors (Lipinski definition) is 4. The van der Waals surface area contributed by atoms with Gasteiger partial charge in [-0.15, -0.1) is 0 Å². The fraction of sp³-hybridized carbons (Fsp3) is 0.200. The number of unbranched alkanes of at least 4 members (excludes halogenated alkanes) is 1. The Morgan fingerprint density at radius 2 is 1.93 bits per heavy atom. The summed E-state index contributed by atoms with van der Waals surface area (Å²) in [4.78, 5) is 23.0. The van der Waals surface area contributed by atoms with Crippen molar-refractivity contribution in [2.24, 2.45) is 0 Å². The Labute approximate surface area is 161 Å². The number of nitro benzene ring substituents is 1. The number of nitro groups is 1. The maximum Gasteiger partial charge on any atom is 0.270 e. The molecule has 0 aliphatic rings. The van der Waals surface area contributed by atoms with Crippen LogP contribution in [0.15, 0.2) is 54.6 Å². The first-order valence-electron chi connectivity index (χ1n) is 8.89. The van der Waals surface area contributed by atoms with Gasteiger partial charge in [0.2, 0.25) is 0 Å². The summed E-state index contributed by atoms with van der Waals surface area (Å²) in [5.41, 5.74) is 1.19. The number of nitrogens with one attached hydrogen (secondary N) is 1. The van der Waals surface area contributed by atoms with Gasteiger partial charge in [-0.2, -0.15) is 5.10 Å². The van der Waals surface area contributed by atoms with Crippen molar-refractivity contribution < 1.29 is 14.1 Å². The molecule has 0 saturated carbocycles. The first kappa shape index (κ1) is 19.2. The number of aromatic nitrogens is 2. The maximum atomic E-state index is 14.2. The normalized spacial score (nSPS) is 10.6. The van der Waals surface area contributed by atoms with Gasteiger partial charge in [-0.05, 0) is 36.8 Å². The van der Waals surface area contributed by atoms with Crippen molar-refractivity contribution >= 4 is 11.6 Å². The third kappa shape index (κ3) is 4.06. The van der Waals surface area contributed by atoms with E-state index in [2.05, 4.69) is 10.4 Å². The molecule has 0 aliphatic heterocycles. The number of halogens is 1. The van der Waals surface area contributed by atoms with Crippen LogP contribution < -0.4 is 5.32 Å². The van der Waals surface area contributed by atoms with Crippen LogP contribution in [-0.4, -0.2) is 27.2 Å². The second-order valence-corrected chi connectivity index (χ2v) is 6.19. The zero-order valence-corrected chi connectivity index (χ0v) is 15.3. The predicted octanol–water partition coefficient (Wildman–Crippen LogP) is 4.12. The van der Waals surface area contributed by atoms with Gasteiger partial charge in [0.1, 0.15) is 11.5 Å². The molecule has 0 spiro atoms. The van der Waals surface area contributed by atoms with Crippen LogP contribution in [0.25, 0.3) is 16.9 Å². The summed E-state index contributed by atoms with van der Waals surface area (Å²) in [6.45, 7) is 2.53. The Morgan fingerprint density at radius 1 is 1.21 bits per heavy atom. The van der Waals surface area contributed by atoms with Crippen LogP contribution in [0.3, 0.4) is 0 Å². The van der Waals surface area contributed by atoms with E-state index in [-0.39, 0.29) is 22.9 Å². The summed E-state index contributed by atoms with van der Waals surface area (Å²) in [5.74, 6) is -0.796. The van der Waals surface area contributed by atoms with E-state index in [0.29, 0.717) is 17.9 Å². The Kier molecular flexibility index (Phi) is 5.78. The van der Waals surface area contributed by atoms with Crippen molar-refractivity contribution in [3.63, 3.8) is 0 Å². The van der Waals surface area contributed by atoms with Gasteiger partial charge in [0.05, 0.1) is 16.3 Å². The summed E-state index contributed by atoms with van der Waals surface area (Å²) in [5, 5.41) is 18.1. The Balaban J connectivity index is 2.04. The first-order valence-corrected chi connectivity index (χ1v) is 8.89. The molecule has 3 aromatic rings. The van der Waals surface area contributed by atoms with Crippen molar-refractivity contribution in [1.82, 2.24) is 15.1 Å². The highest BCUT2D eigenvalue weighted by molar-refractivity contribution is 5.94. The van der Waals surface area contributed by atoms with Gasteiger partial charge in [0, 0.05) is 24.2 Å². The van der Waals surface area contributed by atoms with Crippen LogP contribution in [0, 0.1) is 15.9 Å². The van der Waals surface area contributed by atoms with Crippen LogP contribution in [0.2, 0.25) is 0 Å². The minimum Gasteiger partial charge on any atom is -0.351 e. The molecule has 1 heterocycles. The molecule has 1 aromatic heterocycles. The van der Waals surface area contributed by atoms with Crippen molar-refractivity contribution in [1.29, 1.82) is 0 Å². The lowest BCUT2D eigenvalue weighted by Gasteiger charge is -2.08. The topological polar surface area (TPSA) is 90.1 Å². The van der Waals surface area contributed by atoms with Crippen molar-refractivity contribution in [3.8, 4) is 16.9 Å². The molecular formula is C20H19FN4O3. The molecule has 0 saturated heterocycles. The van der Waals surface area contributed by atoms with Gasteiger partial charge in [0.25, 0.3) is 11.6 Å². The molecule has 28 heavy (non-hydrogen) atoms. The third-order valence-corrected chi connectivity index (χ3v) is 4.21. The highest BCUT2D eigenvalue weighted by Gasteiger charge is 2.19. The molecule has 0 fully saturated rings. The molecule has 144 valence electrons. The number of amides is 1. The zero-order chi connectivity index (χ0) is 20.1. The molecule has 3 rings (SSSR count). The van der Waals surface area contributed by atoms with Crippen molar-refractivity contribution in [2.45, 2.75) is 19.8 Å². The SMILES string of the molecule is CCCCNC(=O)c1cc(-c2ccccc2F)nn1-c1ccc([N+](=O)[O-])cc1. The summed E-state index contributed by atoms with van der Waals surface area (Å²) in [6.07, 6.45) is 1.76. The Morgan fingerprint density at radius 3 is 2.57 bits per heavy atom. The lowest BCUT2D eigenvalue weighted by atomic mass is 10.1. The molecular weight excluding hydrogens is 363 g/mol. The smallest absolute Gasteiger partial charge is 0.270 e. The number of rotatable bonds is 7. The number of carbonyl (C=O) groups excluding carboxylic acids is 1. The second-order valence-electron chi connectivity index (χ2n) is 6.19. The zero-order valence-electron chi connectivity index (χ0n) is 15.3. The largest absolute Gasteiger partial charge is 0.351 e. The molecule has 1 N–H and O–H groups in total. The quantitative estimate of drug-likeness (QED) is 0.378. The second kappa shape index (κ2) is 8.43. The number of carbonyl (C=O) groups is 1. The number of benzene rings is 2. The standard InChI is InChI=1S/C20H19FN4O3/c1-2-3-12-22-20(26)19-13-18(16-6-4-5-7-17(16)21)23-24(19)14-8-10-15(11-9-14)25(27)28/h4-11,13H,2-3,12H2,1H3,(H,22,26).